The molecule has 0 atom stereocenters. The number of anilines is 1. The number of rotatable bonds is 10. The van der Waals surface area contributed by atoms with Gasteiger partial charge < -0.3 is 14.4 Å². The molecule has 31 heavy (non-hydrogen) atoms. The normalized spacial score (nSPS) is 10.7. The number of fused-ring (bicyclic) bond motifs is 1. The van der Waals surface area contributed by atoms with Crippen molar-refractivity contribution < 1.29 is 14.3 Å². The fraction of sp³-hybridized carbons (Fsp3) is 0.391. The molecule has 1 heterocycles. The molecule has 1 aromatic heterocycles. The van der Waals surface area contributed by atoms with Gasteiger partial charge in [-0.25, -0.2) is 4.98 Å². The monoisotopic (exact) mass is 463 g/mol. The van der Waals surface area contributed by atoms with E-state index in [9.17, 15) is 4.79 Å². The third-order valence-corrected chi connectivity index (χ3v) is 6.05. The number of halogens is 1. The number of hydrogen-bond acceptors (Lipinski definition) is 6. The molecule has 0 spiro atoms. The molecule has 0 radical (unpaired) electrons. The smallest absolute Gasteiger partial charge is 0.260 e. The second-order valence-corrected chi connectivity index (χ2v) is 7.78. The maximum atomic E-state index is 13.4. The van der Waals surface area contributed by atoms with Crippen molar-refractivity contribution >= 4 is 45.0 Å². The number of thiazole rings is 1. The van der Waals surface area contributed by atoms with Gasteiger partial charge in [-0.15, -0.1) is 12.4 Å². The third kappa shape index (κ3) is 6.09. The highest BCUT2D eigenvalue weighted by Crippen LogP contribution is 2.32. The van der Waals surface area contributed by atoms with Gasteiger partial charge in [-0.3, -0.25) is 9.69 Å². The maximum absolute atomic E-state index is 13.4. The van der Waals surface area contributed by atoms with Crippen LogP contribution >= 0.6 is 23.7 Å². The largest absolute Gasteiger partial charge is 0.497 e. The summed E-state index contributed by atoms with van der Waals surface area (Å²) >= 11 is 1.51. The molecular formula is C23H30ClN3O3S. The molecule has 168 valence electrons. The van der Waals surface area contributed by atoms with Gasteiger partial charge in [0, 0.05) is 18.7 Å². The van der Waals surface area contributed by atoms with Crippen molar-refractivity contribution in [2.75, 3.05) is 44.8 Å². The molecule has 0 saturated heterocycles. The van der Waals surface area contributed by atoms with E-state index < -0.39 is 0 Å². The zero-order chi connectivity index (χ0) is 21.5. The lowest BCUT2D eigenvalue weighted by molar-refractivity contribution is 0.0983. The van der Waals surface area contributed by atoms with Gasteiger partial charge in [0.15, 0.2) is 5.13 Å². The molecule has 2 aromatic carbocycles. The van der Waals surface area contributed by atoms with Gasteiger partial charge in [0.2, 0.25) is 0 Å². The van der Waals surface area contributed by atoms with Gasteiger partial charge in [-0.1, -0.05) is 25.2 Å². The Balaban J connectivity index is 0.00000341. The van der Waals surface area contributed by atoms with Crippen LogP contribution in [0.15, 0.2) is 42.5 Å². The van der Waals surface area contributed by atoms with E-state index in [1.807, 2.05) is 37.3 Å². The summed E-state index contributed by atoms with van der Waals surface area (Å²) in [7, 11) is 1.62. The van der Waals surface area contributed by atoms with Gasteiger partial charge in [0.05, 0.1) is 23.9 Å². The third-order valence-electron chi connectivity index (χ3n) is 5.01. The van der Waals surface area contributed by atoms with Crippen LogP contribution in [0.1, 0.15) is 31.1 Å². The lowest BCUT2D eigenvalue weighted by Gasteiger charge is -2.24. The molecule has 0 N–H and O–H groups in total. The molecule has 0 aliphatic carbocycles. The first kappa shape index (κ1) is 24.9. The number of amides is 1. The van der Waals surface area contributed by atoms with E-state index in [0.717, 1.165) is 41.3 Å². The highest BCUT2D eigenvalue weighted by atomic mass is 35.5. The van der Waals surface area contributed by atoms with Crippen LogP contribution in [-0.4, -0.2) is 55.7 Å². The summed E-state index contributed by atoms with van der Waals surface area (Å²) in [6, 6.07) is 13.1. The number of carbonyl (C=O) groups is 1. The highest BCUT2D eigenvalue weighted by Gasteiger charge is 2.22. The molecule has 0 fully saturated rings. The van der Waals surface area contributed by atoms with Crippen molar-refractivity contribution in [1.82, 2.24) is 9.88 Å². The van der Waals surface area contributed by atoms with Gasteiger partial charge in [-0.05, 0) is 62.5 Å². The van der Waals surface area contributed by atoms with Gasteiger partial charge in [-0.2, -0.15) is 0 Å². The van der Waals surface area contributed by atoms with Gasteiger partial charge in [0.25, 0.3) is 5.91 Å². The van der Waals surface area contributed by atoms with Crippen LogP contribution in [0.25, 0.3) is 10.2 Å². The minimum Gasteiger partial charge on any atom is -0.497 e. The Bertz CT molecular complexity index is 974. The van der Waals surface area contributed by atoms with Crippen molar-refractivity contribution in [1.29, 1.82) is 0 Å². The molecule has 0 aliphatic heterocycles. The number of ether oxygens (including phenoxy) is 2. The summed E-state index contributed by atoms with van der Waals surface area (Å²) in [6.45, 7) is 10.1. The second kappa shape index (κ2) is 11.9. The fourth-order valence-corrected chi connectivity index (χ4v) is 4.24. The van der Waals surface area contributed by atoms with Crippen molar-refractivity contribution in [2.45, 2.75) is 20.8 Å². The standard InChI is InChI=1S/C23H29N3O3S.ClH/c1-5-25(6-2)14-15-26(22(27)17-8-10-18(28-4)11-9-17)23-24-20-13-12-19(29-7-3)16-21(20)30-23;/h8-13,16H,5-7,14-15H2,1-4H3;1H. The SMILES string of the molecule is CCOc1ccc2nc(N(CCN(CC)CC)C(=O)c3ccc(OC)cc3)sc2c1.Cl. The molecule has 8 heteroatoms. The van der Waals surface area contributed by atoms with E-state index in [4.69, 9.17) is 14.5 Å². The number of aromatic nitrogens is 1. The zero-order valence-electron chi connectivity index (χ0n) is 18.5. The zero-order valence-corrected chi connectivity index (χ0v) is 20.1. The van der Waals surface area contributed by atoms with Crippen LogP contribution in [0.5, 0.6) is 11.5 Å². The summed E-state index contributed by atoms with van der Waals surface area (Å²) in [4.78, 5) is 22.2. The first-order chi connectivity index (χ1) is 14.6. The van der Waals surface area contributed by atoms with Crippen molar-refractivity contribution in [2.24, 2.45) is 0 Å². The molecule has 0 bridgehead atoms. The number of methoxy groups -OCH3 is 1. The van der Waals surface area contributed by atoms with Gasteiger partial charge in [0.1, 0.15) is 11.5 Å². The van der Waals surface area contributed by atoms with E-state index in [-0.39, 0.29) is 18.3 Å². The van der Waals surface area contributed by atoms with Crippen LogP contribution < -0.4 is 14.4 Å². The number of nitrogens with zero attached hydrogens (tertiary/aromatic N) is 3. The van der Waals surface area contributed by atoms with Crippen LogP contribution in [0.3, 0.4) is 0 Å². The molecule has 0 unspecified atom stereocenters. The van der Waals surface area contributed by atoms with Crippen LogP contribution in [0.4, 0.5) is 5.13 Å². The minimum atomic E-state index is -0.0612. The van der Waals surface area contributed by atoms with E-state index in [1.54, 1.807) is 24.1 Å². The number of benzene rings is 2. The Morgan fingerprint density at radius 1 is 1.00 bits per heavy atom. The second-order valence-electron chi connectivity index (χ2n) is 6.77. The van der Waals surface area contributed by atoms with Crippen LogP contribution in [-0.2, 0) is 0 Å². The predicted octanol–water partition coefficient (Wildman–Crippen LogP) is 5.11. The Morgan fingerprint density at radius 3 is 2.29 bits per heavy atom. The summed E-state index contributed by atoms with van der Waals surface area (Å²) in [5.41, 5.74) is 1.48. The fourth-order valence-electron chi connectivity index (χ4n) is 3.22. The Morgan fingerprint density at radius 2 is 1.68 bits per heavy atom. The molecule has 1 amide bonds. The lowest BCUT2D eigenvalue weighted by atomic mass is 10.2. The summed E-state index contributed by atoms with van der Waals surface area (Å²) in [5.74, 6) is 1.48. The predicted molar refractivity (Wildman–Crippen MR) is 130 cm³/mol. The van der Waals surface area contributed by atoms with Crippen molar-refractivity contribution in [3.63, 3.8) is 0 Å². The Hall–Kier alpha value is -2.35. The summed E-state index contributed by atoms with van der Waals surface area (Å²) < 4.78 is 11.8. The van der Waals surface area contributed by atoms with E-state index in [2.05, 4.69) is 18.7 Å². The molecule has 0 aliphatic rings. The topological polar surface area (TPSA) is 54.9 Å². The molecule has 3 aromatic rings. The van der Waals surface area contributed by atoms with Crippen LogP contribution in [0, 0.1) is 0 Å². The molecule has 0 saturated carbocycles. The Kier molecular flexibility index (Phi) is 9.55. The van der Waals surface area contributed by atoms with E-state index in [1.165, 1.54) is 11.3 Å². The molecule has 6 nitrogen and oxygen atoms in total. The first-order valence-corrected chi connectivity index (χ1v) is 11.1. The average Bonchev–Trinajstić information content (AvgIpc) is 3.19. The van der Waals surface area contributed by atoms with Gasteiger partial charge >= 0.3 is 0 Å². The molecule has 3 rings (SSSR count). The van der Waals surface area contributed by atoms with Crippen molar-refractivity contribution in [3.05, 3.63) is 48.0 Å². The Labute approximate surface area is 194 Å². The summed E-state index contributed by atoms with van der Waals surface area (Å²) in [6.07, 6.45) is 0. The van der Waals surface area contributed by atoms with E-state index in [0.29, 0.717) is 23.8 Å². The molecular weight excluding hydrogens is 434 g/mol. The summed E-state index contributed by atoms with van der Waals surface area (Å²) in [5, 5.41) is 0.701. The number of likely N-dealkylation sites (N-methyl/N-ethyl adjacent to an activating group) is 1. The van der Waals surface area contributed by atoms with Crippen LogP contribution in [0.2, 0.25) is 0 Å². The first-order valence-electron chi connectivity index (χ1n) is 10.3. The quantitative estimate of drug-likeness (QED) is 0.418. The van der Waals surface area contributed by atoms with E-state index >= 15 is 0 Å². The highest BCUT2D eigenvalue weighted by molar-refractivity contribution is 7.22. The lowest BCUT2D eigenvalue weighted by Crippen LogP contribution is -2.38. The van der Waals surface area contributed by atoms with Crippen molar-refractivity contribution in [3.8, 4) is 11.5 Å². The maximum Gasteiger partial charge on any atom is 0.260 e. The average molecular weight is 464 g/mol. The minimum absolute atomic E-state index is 0. The number of hydrogen-bond donors (Lipinski definition) is 0. The number of carbonyl (C=O) groups excluding carboxylic acids is 1.